The minimum absolute atomic E-state index is 0.0150. The number of aromatic hydroxyl groups is 2. The van der Waals surface area contributed by atoms with Gasteiger partial charge in [0.25, 0.3) is 0 Å². The van der Waals surface area contributed by atoms with Gasteiger partial charge >= 0.3 is 0 Å². The summed E-state index contributed by atoms with van der Waals surface area (Å²) in [4.78, 5) is 0. The van der Waals surface area contributed by atoms with Gasteiger partial charge in [-0.2, -0.15) is 0 Å². The minimum Gasteiger partial charge on any atom is -0.504 e. The summed E-state index contributed by atoms with van der Waals surface area (Å²) in [7, 11) is 0. The first-order chi connectivity index (χ1) is 7.61. The van der Waals surface area contributed by atoms with Crippen LogP contribution in [0.25, 0.3) is 0 Å². The quantitative estimate of drug-likeness (QED) is 0.589. The van der Waals surface area contributed by atoms with E-state index in [2.05, 4.69) is 13.8 Å². The van der Waals surface area contributed by atoms with Gasteiger partial charge in [-0.05, 0) is 48.9 Å². The molecule has 0 heterocycles. The van der Waals surface area contributed by atoms with Crippen molar-refractivity contribution in [1.29, 1.82) is 0 Å². The van der Waals surface area contributed by atoms with Gasteiger partial charge < -0.3 is 10.2 Å². The number of aryl methyl sites for hydroxylation is 1. The Bertz CT molecular complexity index is 356. The topological polar surface area (TPSA) is 40.5 Å². The summed E-state index contributed by atoms with van der Waals surface area (Å²) >= 11 is 0. The molecule has 2 N–H and O–H groups in total. The van der Waals surface area contributed by atoms with E-state index in [1.165, 1.54) is 24.0 Å². The van der Waals surface area contributed by atoms with Crippen LogP contribution in [0, 0.1) is 6.92 Å². The van der Waals surface area contributed by atoms with Crippen LogP contribution in [0.5, 0.6) is 11.5 Å². The molecule has 0 fully saturated rings. The van der Waals surface area contributed by atoms with Crippen LogP contribution >= 0.6 is 0 Å². The fourth-order valence-corrected chi connectivity index (χ4v) is 2.18. The summed E-state index contributed by atoms with van der Waals surface area (Å²) in [5, 5.41) is 19.3. The molecule has 1 rings (SSSR count). The van der Waals surface area contributed by atoms with Crippen molar-refractivity contribution in [3.63, 3.8) is 0 Å². The Morgan fingerprint density at radius 2 is 1.81 bits per heavy atom. The van der Waals surface area contributed by atoms with Gasteiger partial charge in [-0.1, -0.05) is 26.7 Å². The molecule has 0 radical (unpaired) electrons. The van der Waals surface area contributed by atoms with E-state index in [1.807, 2.05) is 6.92 Å². The van der Waals surface area contributed by atoms with Crippen LogP contribution in [0.15, 0.2) is 6.07 Å². The number of hydrogen-bond donors (Lipinski definition) is 2. The molecular weight excluding hydrogens is 200 g/mol. The van der Waals surface area contributed by atoms with Crippen LogP contribution in [0.4, 0.5) is 0 Å². The average molecular weight is 222 g/mol. The summed E-state index contributed by atoms with van der Waals surface area (Å²) in [6.07, 6.45) is 5.45. The number of phenolic OH excluding ortho intramolecular Hbond substituents is 2. The molecule has 0 spiro atoms. The van der Waals surface area contributed by atoms with E-state index >= 15 is 0 Å². The smallest absolute Gasteiger partial charge is 0.160 e. The van der Waals surface area contributed by atoms with E-state index in [1.54, 1.807) is 6.07 Å². The van der Waals surface area contributed by atoms with Crippen molar-refractivity contribution in [1.82, 2.24) is 0 Å². The lowest BCUT2D eigenvalue weighted by molar-refractivity contribution is 0.399. The van der Waals surface area contributed by atoms with Crippen LogP contribution in [0.1, 0.15) is 49.8 Å². The maximum atomic E-state index is 9.66. The average Bonchev–Trinajstić information content (AvgIpc) is 2.27. The van der Waals surface area contributed by atoms with Crippen molar-refractivity contribution in [2.75, 3.05) is 0 Å². The summed E-state index contributed by atoms with van der Waals surface area (Å²) < 4.78 is 0. The van der Waals surface area contributed by atoms with Gasteiger partial charge in [-0.25, -0.2) is 0 Å². The van der Waals surface area contributed by atoms with E-state index < -0.39 is 0 Å². The summed E-state index contributed by atoms with van der Waals surface area (Å²) in [5.41, 5.74) is 3.20. The van der Waals surface area contributed by atoms with Crippen LogP contribution in [-0.4, -0.2) is 10.2 Å². The van der Waals surface area contributed by atoms with Crippen molar-refractivity contribution in [3.8, 4) is 11.5 Å². The molecule has 0 amide bonds. The molecule has 1 aromatic carbocycles. The van der Waals surface area contributed by atoms with Crippen LogP contribution in [0.2, 0.25) is 0 Å². The summed E-state index contributed by atoms with van der Waals surface area (Å²) in [6.45, 7) is 6.14. The molecule has 0 aliphatic heterocycles. The summed E-state index contributed by atoms with van der Waals surface area (Å²) in [5.74, 6) is 0.0530. The molecule has 90 valence electrons. The van der Waals surface area contributed by atoms with Crippen LogP contribution < -0.4 is 0 Å². The number of rotatable bonds is 5. The summed E-state index contributed by atoms with van der Waals surface area (Å²) in [6, 6.07) is 1.72. The van der Waals surface area contributed by atoms with Gasteiger partial charge in [0, 0.05) is 0 Å². The third-order valence-corrected chi connectivity index (χ3v) is 3.15. The van der Waals surface area contributed by atoms with Gasteiger partial charge in [-0.15, -0.1) is 0 Å². The van der Waals surface area contributed by atoms with E-state index in [-0.39, 0.29) is 11.5 Å². The van der Waals surface area contributed by atoms with Gasteiger partial charge in [0.1, 0.15) is 0 Å². The second-order valence-corrected chi connectivity index (χ2v) is 4.32. The Kier molecular flexibility index (Phi) is 4.66. The van der Waals surface area contributed by atoms with Crippen molar-refractivity contribution >= 4 is 0 Å². The van der Waals surface area contributed by atoms with Gasteiger partial charge in [0.05, 0.1) is 0 Å². The van der Waals surface area contributed by atoms with Crippen molar-refractivity contribution in [2.24, 2.45) is 0 Å². The van der Waals surface area contributed by atoms with E-state index in [0.29, 0.717) is 0 Å². The molecule has 0 aliphatic rings. The van der Waals surface area contributed by atoms with Crippen LogP contribution in [0.3, 0.4) is 0 Å². The normalized spacial score (nSPS) is 10.7. The van der Waals surface area contributed by atoms with Crippen molar-refractivity contribution < 1.29 is 10.2 Å². The predicted octanol–water partition coefficient (Wildman–Crippen LogP) is 3.70. The SMILES string of the molecule is CCCCCc1cc(O)c(O)c(C)c1CC. The highest BCUT2D eigenvalue weighted by atomic mass is 16.3. The molecule has 0 aromatic heterocycles. The van der Waals surface area contributed by atoms with Crippen LogP contribution in [-0.2, 0) is 12.8 Å². The first-order valence-corrected chi connectivity index (χ1v) is 6.15. The zero-order chi connectivity index (χ0) is 12.1. The Labute approximate surface area is 97.9 Å². The molecule has 0 atom stereocenters. The highest BCUT2D eigenvalue weighted by Gasteiger charge is 2.12. The number of unbranched alkanes of at least 4 members (excludes halogenated alkanes) is 2. The van der Waals surface area contributed by atoms with E-state index in [4.69, 9.17) is 0 Å². The fraction of sp³-hybridized carbons (Fsp3) is 0.571. The number of phenols is 2. The lowest BCUT2D eigenvalue weighted by atomic mass is 9.94. The largest absolute Gasteiger partial charge is 0.504 e. The minimum atomic E-state index is 0.0150. The molecule has 1 aromatic rings. The van der Waals surface area contributed by atoms with Gasteiger partial charge in [-0.3, -0.25) is 0 Å². The third-order valence-electron chi connectivity index (χ3n) is 3.15. The Balaban J connectivity index is 2.98. The first kappa shape index (κ1) is 12.9. The highest BCUT2D eigenvalue weighted by Crippen LogP contribution is 2.34. The molecule has 0 aliphatic carbocycles. The standard InChI is InChI=1S/C14H22O2/c1-4-6-7-8-11-9-13(15)14(16)10(3)12(11)5-2/h9,15-16H,4-8H2,1-3H3. The van der Waals surface area contributed by atoms with Gasteiger partial charge in [0.2, 0.25) is 0 Å². The first-order valence-electron chi connectivity index (χ1n) is 6.15. The fourth-order valence-electron chi connectivity index (χ4n) is 2.18. The van der Waals surface area contributed by atoms with E-state index in [0.717, 1.165) is 24.8 Å². The second kappa shape index (κ2) is 5.78. The second-order valence-electron chi connectivity index (χ2n) is 4.32. The molecule has 2 nitrogen and oxygen atoms in total. The number of benzene rings is 1. The lowest BCUT2D eigenvalue weighted by Gasteiger charge is -2.13. The van der Waals surface area contributed by atoms with Crippen molar-refractivity contribution in [3.05, 3.63) is 22.8 Å². The van der Waals surface area contributed by atoms with Gasteiger partial charge in [0.15, 0.2) is 11.5 Å². The molecule has 0 saturated heterocycles. The van der Waals surface area contributed by atoms with Crippen molar-refractivity contribution in [2.45, 2.75) is 52.9 Å². The van der Waals surface area contributed by atoms with E-state index in [9.17, 15) is 10.2 Å². The Morgan fingerprint density at radius 1 is 1.12 bits per heavy atom. The monoisotopic (exact) mass is 222 g/mol. The zero-order valence-electron chi connectivity index (χ0n) is 10.5. The predicted molar refractivity (Wildman–Crippen MR) is 67.1 cm³/mol. The molecule has 0 saturated carbocycles. The maximum Gasteiger partial charge on any atom is 0.160 e. The molecule has 0 bridgehead atoms. The maximum absolute atomic E-state index is 9.66. The molecule has 2 heteroatoms. The Hall–Kier alpha value is -1.18. The molecule has 16 heavy (non-hydrogen) atoms. The molecular formula is C14H22O2. The zero-order valence-corrected chi connectivity index (χ0v) is 10.5. The molecule has 0 unspecified atom stereocenters. The third kappa shape index (κ3) is 2.69. The number of hydrogen-bond acceptors (Lipinski definition) is 2. The lowest BCUT2D eigenvalue weighted by Crippen LogP contribution is -1.97. The Morgan fingerprint density at radius 3 is 2.38 bits per heavy atom. The highest BCUT2D eigenvalue weighted by molar-refractivity contribution is 5.52.